The highest BCUT2D eigenvalue weighted by molar-refractivity contribution is 5.76. The van der Waals surface area contributed by atoms with E-state index in [1.54, 1.807) is 6.92 Å². The van der Waals surface area contributed by atoms with Gasteiger partial charge in [0, 0.05) is 18.7 Å². The highest BCUT2D eigenvalue weighted by Gasteiger charge is 2.17. The van der Waals surface area contributed by atoms with Crippen molar-refractivity contribution in [2.75, 3.05) is 19.8 Å². The van der Waals surface area contributed by atoms with Crippen molar-refractivity contribution < 1.29 is 9.53 Å². The third-order valence-corrected chi connectivity index (χ3v) is 3.67. The molecule has 3 heteroatoms. The number of ether oxygens (including phenoxy) is 1. The van der Waals surface area contributed by atoms with Crippen LogP contribution in [0.4, 0.5) is 0 Å². The van der Waals surface area contributed by atoms with Crippen LogP contribution in [0, 0.1) is 0 Å². The van der Waals surface area contributed by atoms with Crippen molar-refractivity contribution >= 4 is 5.78 Å². The second-order valence-electron chi connectivity index (χ2n) is 5.59. The van der Waals surface area contributed by atoms with Gasteiger partial charge in [-0.25, -0.2) is 0 Å². The zero-order valence-corrected chi connectivity index (χ0v) is 13.6. The second kappa shape index (κ2) is 11.4. The molecule has 3 nitrogen and oxygen atoms in total. The third-order valence-electron chi connectivity index (χ3n) is 3.67. The fourth-order valence-corrected chi connectivity index (χ4v) is 2.39. The van der Waals surface area contributed by atoms with Gasteiger partial charge in [0.2, 0.25) is 0 Å². The number of carbonyl (C=O) groups excluding carboxylic acids is 1. The zero-order chi connectivity index (χ0) is 14.7. The van der Waals surface area contributed by atoms with E-state index >= 15 is 0 Å². The number of Topliss-reactive ketones (excluding diaryl/α,β-unsaturated/α-hetero) is 1. The average molecular weight is 271 g/mol. The molecule has 0 fully saturated rings. The van der Waals surface area contributed by atoms with Gasteiger partial charge in [0.1, 0.15) is 6.61 Å². The number of nitrogens with zero attached hydrogens (tertiary/aromatic N) is 1. The van der Waals surface area contributed by atoms with Gasteiger partial charge in [-0.15, -0.1) is 0 Å². The summed E-state index contributed by atoms with van der Waals surface area (Å²) in [5, 5.41) is 0. The molecule has 0 bridgehead atoms. The zero-order valence-electron chi connectivity index (χ0n) is 13.6. The van der Waals surface area contributed by atoms with Gasteiger partial charge in [0.25, 0.3) is 0 Å². The Morgan fingerprint density at radius 3 is 2.37 bits per heavy atom. The summed E-state index contributed by atoms with van der Waals surface area (Å²) in [4.78, 5) is 13.3. The summed E-state index contributed by atoms with van der Waals surface area (Å²) < 4.78 is 5.29. The van der Waals surface area contributed by atoms with Crippen LogP contribution < -0.4 is 0 Å². The maximum absolute atomic E-state index is 10.7. The van der Waals surface area contributed by atoms with Gasteiger partial charge in [-0.05, 0) is 59.4 Å². The summed E-state index contributed by atoms with van der Waals surface area (Å²) in [6, 6.07) is 1.31. The van der Waals surface area contributed by atoms with Crippen LogP contribution in [-0.2, 0) is 9.53 Å². The lowest BCUT2D eigenvalue weighted by Gasteiger charge is -2.34. The minimum absolute atomic E-state index is 0.110. The number of hydrogen-bond acceptors (Lipinski definition) is 3. The van der Waals surface area contributed by atoms with Crippen LogP contribution in [-0.4, -0.2) is 42.5 Å². The van der Waals surface area contributed by atoms with Crippen molar-refractivity contribution in [2.45, 2.75) is 78.8 Å². The summed E-state index contributed by atoms with van der Waals surface area (Å²) in [5.74, 6) is 0.110. The number of hydrogen-bond donors (Lipinski definition) is 0. The Morgan fingerprint density at radius 2 is 1.84 bits per heavy atom. The molecule has 0 aromatic rings. The molecule has 0 spiro atoms. The first-order chi connectivity index (χ1) is 9.02. The van der Waals surface area contributed by atoms with Crippen molar-refractivity contribution in [2.24, 2.45) is 0 Å². The van der Waals surface area contributed by atoms with Gasteiger partial charge in [-0.2, -0.15) is 0 Å². The van der Waals surface area contributed by atoms with Crippen LogP contribution in [0.2, 0.25) is 0 Å². The van der Waals surface area contributed by atoms with E-state index < -0.39 is 0 Å². The van der Waals surface area contributed by atoms with Crippen LogP contribution in [0.1, 0.15) is 66.7 Å². The number of ketones is 1. The summed E-state index contributed by atoms with van der Waals surface area (Å²) in [7, 11) is 0. The van der Waals surface area contributed by atoms with Crippen LogP contribution in [0.25, 0.3) is 0 Å². The van der Waals surface area contributed by atoms with Gasteiger partial charge in [0.05, 0.1) is 0 Å². The second-order valence-corrected chi connectivity index (χ2v) is 5.59. The molecule has 0 aromatic heterocycles. The normalized spacial score (nSPS) is 14.6. The number of carbonyl (C=O) groups is 1. The molecule has 0 aromatic carbocycles. The highest BCUT2D eigenvalue weighted by atomic mass is 16.5. The smallest absolute Gasteiger partial charge is 0.155 e. The standard InChI is InChI=1S/C16H33NO2/c1-6-11-17(14(3)7-2)15(4)10-8-9-12-19-13-16(5)18/h14-15H,6-13H2,1-5H3. The average Bonchev–Trinajstić information content (AvgIpc) is 2.38. The molecule has 0 saturated carbocycles. The molecule has 0 N–H and O–H groups in total. The quantitative estimate of drug-likeness (QED) is 0.507. The predicted molar refractivity (Wildman–Crippen MR) is 81.6 cm³/mol. The number of rotatable bonds is 12. The molecule has 2 unspecified atom stereocenters. The van der Waals surface area contributed by atoms with Crippen LogP contribution in [0.5, 0.6) is 0 Å². The Hall–Kier alpha value is -0.410. The summed E-state index contributed by atoms with van der Waals surface area (Å²) in [5.41, 5.74) is 0. The Balaban J connectivity index is 3.80. The van der Waals surface area contributed by atoms with Gasteiger partial charge in [-0.3, -0.25) is 9.69 Å². The molecule has 0 aliphatic heterocycles. The molecule has 0 radical (unpaired) electrons. The van der Waals surface area contributed by atoms with Crippen molar-refractivity contribution in [3.05, 3.63) is 0 Å². The topological polar surface area (TPSA) is 29.5 Å². The molecular formula is C16H33NO2. The maximum Gasteiger partial charge on any atom is 0.155 e. The molecule has 0 heterocycles. The van der Waals surface area contributed by atoms with Gasteiger partial charge in [-0.1, -0.05) is 13.8 Å². The Bertz CT molecular complexity index is 231. The first-order valence-corrected chi connectivity index (χ1v) is 7.85. The monoisotopic (exact) mass is 271 g/mol. The van der Waals surface area contributed by atoms with E-state index in [1.807, 2.05) is 0 Å². The highest BCUT2D eigenvalue weighted by Crippen LogP contribution is 2.14. The predicted octanol–water partition coefficient (Wildman–Crippen LogP) is 3.66. The lowest BCUT2D eigenvalue weighted by atomic mass is 10.1. The lowest BCUT2D eigenvalue weighted by Crippen LogP contribution is -2.40. The van der Waals surface area contributed by atoms with E-state index in [0.29, 0.717) is 18.7 Å². The van der Waals surface area contributed by atoms with Crippen molar-refractivity contribution in [3.8, 4) is 0 Å². The molecule has 19 heavy (non-hydrogen) atoms. The van der Waals surface area contributed by atoms with E-state index in [2.05, 4.69) is 32.6 Å². The molecule has 0 aliphatic carbocycles. The summed E-state index contributed by atoms with van der Waals surface area (Å²) in [6.45, 7) is 12.9. The Kier molecular flexibility index (Phi) is 11.2. The largest absolute Gasteiger partial charge is 0.374 e. The SMILES string of the molecule is CCCN(C(C)CC)C(C)CCCCOCC(C)=O. The molecule has 2 atom stereocenters. The molecule has 0 amide bonds. The van der Waals surface area contributed by atoms with Gasteiger partial charge >= 0.3 is 0 Å². The molecule has 0 rings (SSSR count). The molecule has 114 valence electrons. The minimum atomic E-state index is 0.110. The first kappa shape index (κ1) is 18.6. The van der Waals surface area contributed by atoms with Crippen molar-refractivity contribution in [3.63, 3.8) is 0 Å². The first-order valence-electron chi connectivity index (χ1n) is 7.85. The molecule has 0 saturated heterocycles. The van der Waals surface area contributed by atoms with Gasteiger partial charge in [0.15, 0.2) is 5.78 Å². The minimum Gasteiger partial charge on any atom is -0.374 e. The van der Waals surface area contributed by atoms with E-state index in [-0.39, 0.29) is 12.4 Å². The molecular weight excluding hydrogens is 238 g/mol. The van der Waals surface area contributed by atoms with Crippen LogP contribution >= 0.6 is 0 Å². The third kappa shape index (κ3) is 9.17. The maximum atomic E-state index is 10.7. The van der Waals surface area contributed by atoms with E-state index in [1.165, 1.54) is 32.2 Å². The fraction of sp³-hybridized carbons (Fsp3) is 0.938. The molecule has 0 aliphatic rings. The van der Waals surface area contributed by atoms with Crippen molar-refractivity contribution in [1.29, 1.82) is 0 Å². The van der Waals surface area contributed by atoms with Crippen LogP contribution in [0.15, 0.2) is 0 Å². The Labute approximate surface area is 119 Å². The number of unbranched alkanes of at least 4 members (excludes halogenated alkanes) is 1. The van der Waals surface area contributed by atoms with Crippen LogP contribution in [0.3, 0.4) is 0 Å². The van der Waals surface area contributed by atoms with Gasteiger partial charge < -0.3 is 4.74 Å². The van der Waals surface area contributed by atoms with E-state index in [4.69, 9.17) is 4.74 Å². The fourth-order valence-electron chi connectivity index (χ4n) is 2.39. The van der Waals surface area contributed by atoms with Crippen molar-refractivity contribution in [1.82, 2.24) is 4.90 Å². The van der Waals surface area contributed by atoms with E-state index in [0.717, 1.165) is 6.42 Å². The lowest BCUT2D eigenvalue weighted by molar-refractivity contribution is -0.121. The summed E-state index contributed by atoms with van der Waals surface area (Å²) >= 11 is 0. The summed E-state index contributed by atoms with van der Waals surface area (Å²) in [6.07, 6.45) is 5.88. The van der Waals surface area contributed by atoms with E-state index in [9.17, 15) is 4.79 Å². The Morgan fingerprint density at radius 1 is 1.16 bits per heavy atom.